The van der Waals surface area contributed by atoms with E-state index in [0.717, 1.165) is 11.3 Å². The number of hydrogen-bond acceptors (Lipinski definition) is 5. The topological polar surface area (TPSA) is 69.0 Å². The van der Waals surface area contributed by atoms with Gasteiger partial charge in [-0.05, 0) is 49.2 Å². The van der Waals surface area contributed by atoms with Crippen LogP contribution in [0.15, 0.2) is 53.9 Å². The highest BCUT2D eigenvalue weighted by Gasteiger charge is 2.31. The minimum Gasteiger partial charge on any atom is -0.406 e. The molecule has 1 amide bonds. The van der Waals surface area contributed by atoms with Gasteiger partial charge in [0, 0.05) is 5.02 Å². The first-order chi connectivity index (χ1) is 14.6. The lowest BCUT2D eigenvalue weighted by atomic mass is 10.1. The van der Waals surface area contributed by atoms with E-state index in [0.29, 0.717) is 15.7 Å². The van der Waals surface area contributed by atoms with Crippen molar-refractivity contribution in [1.82, 2.24) is 20.1 Å². The van der Waals surface area contributed by atoms with Crippen LogP contribution in [0.1, 0.15) is 24.1 Å². The summed E-state index contributed by atoms with van der Waals surface area (Å²) in [6.45, 7) is 3.63. The van der Waals surface area contributed by atoms with Gasteiger partial charge < -0.3 is 10.1 Å². The molecule has 1 aromatic heterocycles. The summed E-state index contributed by atoms with van der Waals surface area (Å²) >= 11 is 7.38. The van der Waals surface area contributed by atoms with Crippen molar-refractivity contribution in [3.63, 3.8) is 0 Å². The highest BCUT2D eigenvalue weighted by Crippen LogP contribution is 2.25. The Morgan fingerprint density at radius 1 is 1.26 bits per heavy atom. The molecule has 0 radical (unpaired) electrons. The van der Waals surface area contributed by atoms with Crippen molar-refractivity contribution in [2.45, 2.75) is 31.4 Å². The third-order valence-corrected chi connectivity index (χ3v) is 5.62. The zero-order chi connectivity index (χ0) is 22.6. The largest absolute Gasteiger partial charge is 0.573 e. The first-order valence-corrected chi connectivity index (χ1v) is 10.4. The number of hydrogen-bond donors (Lipinski definition) is 1. The Kier molecular flexibility index (Phi) is 7.11. The summed E-state index contributed by atoms with van der Waals surface area (Å²) in [7, 11) is 0. The molecule has 0 aliphatic carbocycles. The Morgan fingerprint density at radius 2 is 1.97 bits per heavy atom. The number of amides is 1. The number of thioether (sulfide) groups is 1. The summed E-state index contributed by atoms with van der Waals surface area (Å²) in [6.07, 6.45) is -3.21. The van der Waals surface area contributed by atoms with Gasteiger partial charge in [0.2, 0.25) is 5.91 Å². The predicted molar refractivity (Wildman–Crippen MR) is 112 cm³/mol. The molecular weight excluding hydrogens is 453 g/mol. The maximum Gasteiger partial charge on any atom is 0.573 e. The molecule has 1 unspecified atom stereocenters. The zero-order valence-electron chi connectivity index (χ0n) is 16.5. The average Bonchev–Trinajstić information content (AvgIpc) is 3.16. The van der Waals surface area contributed by atoms with Gasteiger partial charge in [-0.3, -0.25) is 9.36 Å². The number of nitrogens with one attached hydrogen (secondary N) is 1. The highest BCUT2D eigenvalue weighted by molar-refractivity contribution is 7.99. The number of rotatable bonds is 7. The Balaban J connectivity index is 1.57. The van der Waals surface area contributed by atoms with Crippen LogP contribution in [0.3, 0.4) is 0 Å². The maximum absolute atomic E-state index is 12.3. The molecule has 3 aromatic rings. The first kappa shape index (κ1) is 23.0. The molecule has 2 aromatic carbocycles. The van der Waals surface area contributed by atoms with Crippen LogP contribution in [0.2, 0.25) is 5.02 Å². The van der Waals surface area contributed by atoms with Crippen molar-refractivity contribution >= 4 is 29.3 Å². The van der Waals surface area contributed by atoms with E-state index in [9.17, 15) is 18.0 Å². The van der Waals surface area contributed by atoms with Gasteiger partial charge >= 0.3 is 6.36 Å². The number of aryl methyl sites for hydroxylation is 1. The van der Waals surface area contributed by atoms with Crippen LogP contribution in [-0.2, 0) is 4.79 Å². The first-order valence-electron chi connectivity index (χ1n) is 9.07. The molecule has 0 saturated heterocycles. The van der Waals surface area contributed by atoms with Crippen LogP contribution in [0, 0.1) is 6.92 Å². The third kappa shape index (κ3) is 6.38. The monoisotopic (exact) mass is 470 g/mol. The van der Waals surface area contributed by atoms with Crippen molar-refractivity contribution in [2.24, 2.45) is 0 Å². The van der Waals surface area contributed by atoms with Crippen molar-refractivity contribution < 1.29 is 22.7 Å². The standard InChI is InChI=1S/C20H18ClF3N4O2S/c1-12-3-6-15(9-17(12)21)28-11-25-27-19(28)31-10-18(29)26-13(2)14-4-7-16(8-5-14)30-20(22,23)24/h3-9,11,13H,10H2,1-2H3,(H,26,29). The van der Waals surface area contributed by atoms with Crippen LogP contribution >= 0.6 is 23.4 Å². The van der Waals surface area contributed by atoms with Crippen molar-refractivity contribution in [3.8, 4) is 11.4 Å². The van der Waals surface area contributed by atoms with Gasteiger partial charge in [-0.1, -0.05) is 41.6 Å². The fraction of sp³-hybridized carbons (Fsp3) is 0.250. The number of nitrogens with zero attached hydrogens (tertiary/aromatic N) is 3. The Bertz CT molecular complexity index is 1060. The molecule has 0 saturated carbocycles. The summed E-state index contributed by atoms with van der Waals surface area (Å²) in [5.41, 5.74) is 2.36. The number of carbonyl (C=O) groups is 1. The minimum atomic E-state index is -4.75. The summed E-state index contributed by atoms with van der Waals surface area (Å²) in [4.78, 5) is 12.3. The quantitative estimate of drug-likeness (QED) is 0.487. The Labute approximate surface area is 185 Å². The average molecular weight is 471 g/mol. The molecule has 164 valence electrons. The molecule has 0 aliphatic rings. The lowest BCUT2D eigenvalue weighted by molar-refractivity contribution is -0.274. The molecule has 0 bridgehead atoms. The molecular formula is C20H18ClF3N4O2S. The van der Waals surface area contributed by atoms with Gasteiger partial charge in [0.25, 0.3) is 0 Å². The fourth-order valence-corrected chi connectivity index (χ4v) is 3.60. The molecule has 1 N–H and O–H groups in total. The predicted octanol–water partition coefficient (Wildman–Crippen LogP) is 5.10. The molecule has 0 spiro atoms. The Hall–Kier alpha value is -2.72. The van der Waals surface area contributed by atoms with Crippen LogP contribution in [0.25, 0.3) is 5.69 Å². The number of halogens is 4. The van der Waals surface area contributed by atoms with Gasteiger partial charge in [-0.2, -0.15) is 0 Å². The normalized spacial score (nSPS) is 12.5. The minimum absolute atomic E-state index is 0.0812. The molecule has 0 fully saturated rings. The molecule has 1 atom stereocenters. The smallest absolute Gasteiger partial charge is 0.406 e. The zero-order valence-corrected chi connectivity index (χ0v) is 18.1. The van der Waals surface area contributed by atoms with E-state index in [1.807, 2.05) is 19.1 Å². The number of ether oxygens (including phenoxy) is 1. The van der Waals surface area contributed by atoms with E-state index < -0.39 is 12.4 Å². The summed E-state index contributed by atoms with van der Waals surface area (Å²) in [6, 6.07) is 10.5. The van der Waals surface area contributed by atoms with Crippen LogP contribution in [0.4, 0.5) is 13.2 Å². The number of alkyl halides is 3. The molecule has 1 heterocycles. The lowest BCUT2D eigenvalue weighted by Crippen LogP contribution is -2.28. The van der Waals surface area contributed by atoms with E-state index in [-0.39, 0.29) is 17.4 Å². The number of aromatic nitrogens is 3. The molecule has 6 nitrogen and oxygen atoms in total. The van der Waals surface area contributed by atoms with Gasteiger partial charge in [0.1, 0.15) is 12.1 Å². The molecule has 3 rings (SSSR count). The maximum atomic E-state index is 12.3. The van der Waals surface area contributed by atoms with E-state index in [2.05, 4.69) is 20.3 Å². The van der Waals surface area contributed by atoms with Gasteiger partial charge in [0.05, 0.1) is 17.5 Å². The summed E-state index contributed by atoms with van der Waals surface area (Å²) in [5, 5.41) is 11.9. The van der Waals surface area contributed by atoms with E-state index in [1.165, 1.54) is 42.4 Å². The van der Waals surface area contributed by atoms with Gasteiger partial charge in [-0.25, -0.2) is 0 Å². The van der Waals surface area contributed by atoms with Gasteiger partial charge in [0.15, 0.2) is 5.16 Å². The SMILES string of the molecule is Cc1ccc(-n2cnnc2SCC(=O)NC(C)c2ccc(OC(F)(F)F)cc2)cc1Cl. The molecule has 31 heavy (non-hydrogen) atoms. The van der Waals surface area contributed by atoms with Crippen LogP contribution in [0.5, 0.6) is 5.75 Å². The van der Waals surface area contributed by atoms with Crippen molar-refractivity contribution in [1.29, 1.82) is 0 Å². The summed E-state index contributed by atoms with van der Waals surface area (Å²) < 4.78 is 42.3. The number of carbonyl (C=O) groups excluding carboxylic acids is 1. The second-order valence-corrected chi connectivity index (χ2v) is 7.96. The van der Waals surface area contributed by atoms with Crippen LogP contribution in [-0.4, -0.2) is 32.8 Å². The second kappa shape index (κ2) is 9.61. The number of benzene rings is 2. The van der Waals surface area contributed by atoms with Gasteiger partial charge in [-0.15, -0.1) is 23.4 Å². The van der Waals surface area contributed by atoms with E-state index >= 15 is 0 Å². The van der Waals surface area contributed by atoms with E-state index in [1.54, 1.807) is 17.6 Å². The fourth-order valence-electron chi connectivity index (χ4n) is 2.69. The molecule has 11 heteroatoms. The third-order valence-electron chi connectivity index (χ3n) is 4.27. The summed E-state index contributed by atoms with van der Waals surface area (Å²) in [5.74, 6) is -0.497. The van der Waals surface area contributed by atoms with Crippen molar-refractivity contribution in [2.75, 3.05) is 5.75 Å². The molecule has 0 aliphatic heterocycles. The highest BCUT2D eigenvalue weighted by atomic mass is 35.5. The van der Waals surface area contributed by atoms with Crippen LogP contribution < -0.4 is 10.1 Å². The van der Waals surface area contributed by atoms with Crippen molar-refractivity contribution in [3.05, 3.63) is 64.9 Å². The Morgan fingerprint density at radius 3 is 2.61 bits per heavy atom. The second-order valence-electron chi connectivity index (χ2n) is 6.61. The van der Waals surface area contributed by atoms with E-state index in [4.69, 9.17) is 11.6 Å². The lowest BCUT2D eigenvalue weighted by Gasteiger charge is -2.15.